The van der Waals surface area contributed by atoms with E-state index in [-0.39, 0.29) is 29.9 Å². The van der Waals surface area contributed by atoms with Crippen molar-refractivity contribution in [2.24, 2.45) is 0 Å². The van der Waals surface area contributed by atoms with Gasteiger partial charge >= 0.3 is 0 Å². The van der Waals surface area contributed by atoms with Crippen molar-refractivity contribution in [1.82, 2.24) is 19.0 Å². The molecule has 1 amide bonds. The minimum Gasteiger partial charge on any atom is -0.336 e. The maximum Gasteiger partial charge on any atom is 0.253 e. The van der Waals surface area contributed by atoms with E-state index in [9.17, 15) is 13.2 Å². The smallest absolute Gasteiger partial charge is 0.253 e. The van der Waals surface area contributed by atoms with Crippen LogP contribution in [-0.2, 0) is 10.0 Å². The fraction of sp³-hybridized carbons (Fsp3) is 0.450. The Morgan fingerprint density at radius 3 is 2.38 bits per heavy atom. The molecule has 0 spiro atoms. The highest BCUT2D eigenvalue weighted by Gasteiger charge is 2.34. The van der Waals surface area contributed by atoms with Crippen LogP contribution in [0, 0.1) is 25.2 Å². The third-order valence-corrected chi connectivity index (χ3v) is 7.26. The number of rotatable bonds is 4. The van der Waals surface area contributed by atoms with E-state index in [2.05, 4.69) is 5.10 Å². The highest BCUT2D eigenvalue weighted by molar-refractivity contribution is 7.89. The standard InChI is InChI=1S/C20H25N5O3S/c1-14(2)25-16(4)19(15(3)22-25)29(27,28)24-10-8-23(9-11-24)20(26)18-7-5-6-17(12-18)13-21/h5-7,12,14H,8-11H2,1-4H3. The number of sulfonamides is 1. The van der Waals surface area contributed by atoms with Crippen molar-refractivity contribution in [1.29, 1.82) is 5.26 Å². The SMILES string of the molecule is Cc1nn(C(C)C)c(C)c1S(=O)(=O)N1CCN(C(=O)c2cccc(C#N)c2)CC1. The molecule has 2 heterocycles. The molecule has 2 aromatic rings. The van der Waals surface area contributed by atoms with Crippen LogP contribution in [0.4, 0.5) is 0 Å². The fourth-order valence-electron chi connectivity index (χ4n) is 3.69. The number of amides is 1. The summed E-state index contributed by atoms with van der Waals surface area (Å²) in [4.78, 5) is 14.6. The van der Waals surface area contributed by atoms with Crippen molar-refractivity contribution in [3.63, 3.8) is 0 Å². The lowest BCUT2D eigenvalue weighted by Gasteiger charge is -2.34. The Bertz CT molecular complexity index is 1070. The first-order chi connectivity index (χ1) is 13.7. The molecular weight excluding hydrogens is 390 g/mol. The molecule has 0 aliphatic carbocycles. The third kappa shape index (κ3) is 3.91. The third-order valence-electron chi connectivity index (χ3n) is 5.11. The number of carbonyl (C=O) groups excluding carboxylic acids is 1. The highest BCUT2D eigenvalue weighted by Crippen LogP contribution is 2.26. The first-order valence-electron chi connectivity index (χ1n) is 9.52. The molecule has 0 saturated carbocycles. The summed E-state index contributed by atoms with van der Waals surface area (Å²) in [5, 5.41) is 13.4. The molecule has 1 saturated heterocycles. The van der Waals surface area contributed by atoms with E-state index >= 15 is 0 Å². The van der Waals surface area contributed by atoms with Crippen molar-refractivity contribution in [2.75, 3.05) is 26.2 Å². The maximum absolute atomic E-state index is 13.2. The minimum absolute atomic E-state index is 0.0660. The second kappa shape index (κ2) is 7.97. The molecule has 0 N–H and O–H groups in total. The Morgan fingerprint density at radius 2 is 1.83 bits per heavy atom. The van der Waals surface area contributed by atoms with Crippen molar-refractivity contribution < 1.29 is 13.2 Å². The van der Waals surface area contributed by atoms with Gasteiger partial charge in [0.1, 0.15) is 4.90 Å². The molecule has 1 aromatic carbocycles. The van der Waals surface area contributed by atoms with Crippen LogP contribution in [-0.4, -0.2) is 59.5 Å². The van der Waals surface area contributed by atoms with E-state index in [0.29, 0.717) is 35.6 Å². The van der Waals surface area contributed by atoms with Crippen molar-refractivity contribution in [3.8, 4) is 6.07 Å². The van der Waals surface area contributed by atoms with Crippen LogP contribution in [0.1, 0.15) is 47.2 Å². The average Bonchev–Trinajstić information content (AvgIpc) is 3.02. The Hall–Kier alpha value is -2.70. The predicted octanol–water partition coefficient (Wildman–Crippen LogP) is 2.10. The zero-order chi connectivity index (χ0) is 21.3. The monoisotopic (exact) mass is 415 g/mol. The van der Waals surface area contributed by atoms with Gasteiger partial charge < -0.3 is 4.90 Å². The summed E-state index contributed by atoms with van der Waals surface area (Å²) < 4.78 is 29.6. The van der Waals surface area contributed by atoms with E-state index in [1.807, 2.05) is 19.9 Å². The molecular formula is C20H25N5O3S. The predicted molar refractivity (Wildman–Crippen MR) is 108 cm³/mol. The van der Waals surface area contributed by atoms with Gasteiger partial charge in [-0.3, -0.25) is 9.48 Å². The van der Waals surface area contributed by atoms with E-state index < -0.39 is 10.0 Å². The van der Waals surface area contributed by atoms with E-state index in [1.165, 1.54) is 4.31 Å². The quantitative estimate of drug-likeness (QED) is 0.761. The summed E-state index contributed by atoms with van der Waals surface area (Å²) in [6.07, 6.45) is 0. The number of hydrogen-bond donors (Lipinski definition) is 0. The number of hydrogen-bond acceptors (Lipinski definition) is 5. The van der Waals surface area contributed by atoms with Crippen molar-refractivity contribution in [3.05, 3.63) is 46.8 Å². The Labute approximate surface area is 171 Å². The highest BCUT2D eigenvalue weighted by atomic mass is 32.2. The van der Waals surface area contributed by atoms with E-state index in [4.69, 9.17) is 5.26 Å². The Kier molecular flexibility index (Phi) is 5.78. The molecule has 0 atom stereocenters. The van der Waals surface area contributed by atoms with Gasteiger partial charge in [0, 0.05) is 37.8 Å². The van der Waals surface area contributed by atoms with Gasteiger partial charge in [-0.05, 0) is 45.9 Å². The van der Waals surface area contributed by atoms with Gasteiger partial charge in [0.05, 0.1) is 23.0 Å². The summed E-state index contributed by atoms with van der Waals surface area (Å²) in [7, 11) is -3.69. The van der Waals surface area contributed by atoms with Crippen molar-refractivity contribution >= 4 is 15.9 Å². The lowest BCUT2D eigenvalue weighted by Crippen LogP contribution is -2.50. The maximum atomic E-state index is 13.2. The molecule has 8 nitrogen and oxygen atoms in total. The summed E-state index contributed by atoms with van der Waals surface area (Å²) in [6.45, 7) is 8.44. The first-order valence-corrected chi connectivity index (χ1v) is 11.0. The number of carbonyl (C=O) groups is 1. The first kappa shape index (κ1) is 21.0. The van der Waals surface area contributed by atoms with Crippen LogP contribution in [0.3, 0.4) is 0 Å². The van der Waals surface area contributed by atoms with E-state index in [1.54, 1.807) is 47.7 Å². The van der Waals surface area contributed by atoms with Gasteiger partial charge in [0.2, 0.25) is 10.0 Å². The second-order valence-electron chi connectivity index (χ2n) is 7.43. The van der Waals surface area contributed by atoms with Crippen LogP contribution in [0.5, 0.6) is 0 Å². The van der Waals surface area contributed by atoms with Gasteiger partial charge in [0.25, 0.3) is 5.91 Å². The van der Waals surface area contributed by atoms with E-state index in [0.717, 1.165) is 0 Å². The lowest BCUT2D eigenvalue weighted by molar-refractivity contribution is 0.0698. The Morgan fingerprint density at radius 1 is 1.17 bits per heavy atom. The molecule has 1 aliphatic rings. The molecule has 1 aliphatic heterocycles. The molecule has 154 valence electrons. The fourth-order valence-corrected chi connectivity index (χ4v) is 5.47. The molecule has 1 fully saturated rings. The number of aromatic nitrogens is 2. The summed E-state index contributed by atoms with van der Waals surface area (Å²) in [6, 6.07) is 8.62. The van der Waals surface area contributed by atoms with Gasteiger partial charge in [0.15, 0.2) is 0 Å². The molecule has 29 heavy (non-hydrogen) atoms. The molecule has 0 bridgehead atoms. The Balaban J connectivity index is 1.77. The van der Waals surface area contributed by atoms with Crippen LogP contribution >= 0.6 is 0 Å². The lowest BCUT2D eigenvalue weighted by atomic mass is 10.1. The van der Waals surface area contributed by atoms with Gasteiger partial charge in [-0.1, -0.05) is 6.07 Å². The molecule has 3 rings (SSSR count). The topological polar surface area (TPSA) is 99.3 Å². The number of nitrogens with zero attached hydrogens (tertiary/aromatic N) is 5. The zero-order valence-corrected chi connectivity index (χ0v) is 17.9. The molecule has 0 radical (unpaired) electrons. The average molecular weight is 416 g/mol. The van der Waals surface area contributed by atoms with Crippen molar-refractivity contribution in [2.45, 2.75) is 38.6 Å². The van der Waals surface area contributed by atoms with Crippen LogP contribution < -0.4 is 0 Å². The number of piperazine rings is 1. The number of aryl methyl sites for hydroxylation is 1. The molecule has 0 unspecified atom stereocenters. The number of benzene rings is 1. The second-order valence-corrected chi connectivity index (χ2v) is 9.30. The summed E-state index contributed by atoms with van der Waals surface area (Å²) in [5.74, 6) is -0.195. The minimum atomic E-state index is -3.69. The van der Waals surface area contributed by atoms with Gasteiger partial charge in [-0.25, -0.2) is 8.42 Å². The van der Waals surface area contributed by atoms with Gasteiger partial charge in [-0.2, -0.15) is 14.7 Å². The normalized spacial score (nSPS) is 15.5. The van der Waals surface area contributed by atoms with Crippen LogP contribution in [0.15, 0.2) is 29.2 Å². The molecule has 9 heteroatoms. The summed E-state index contributed by atoms with van der Waals surface area (Å²) in [5.41, 5.74) is 1.97. The summed E-state index contributed by atoms with van der Waals surface area (Å²) >= 11 is 0. The largest absolute Gasteiger partial charge is 0.336 e. The number of nitriles is 1. The van der Waals surface area contributed by atoms with Gasteiger partial charge in [-0.15, -0.1) is 0 Å². The zero-order valence-electron chi connectivity index (χ0n) is 17.1. The molecule has 1 aromatic heterocycles. The van der Waals surface area contributed by atoms with Crippen LogP contribution in [0.2, 0.25) is 0 Å². The van der Waals surface area contributed by atoms with Crippen LogP contribution in [0.25, 0.3) is 0 Å².